The van der Waals surface area contributed by atoms with Gasteiger partial charge in [-0.15, -0.1) is 10.2 Å². The number of ether oxygens (including phenoxy) is 1. The summed E-state index contributed by atoms with van der Waals surface area (Å²) < 4.78 is 7.13. The number of methoxy groups -OCH3 is 1. The number of hydrogen-bond donors (Lipinski definition) is 1. The first kappa shape index (κ1) is 16.3. The highest BCUT2D eigenvalue weighted by Gasteiger charge is 2.15. The van der Waals surface area contributed by atoms with Crippen molar-refractivity contribution in [3.8, 4) is 11.4 Å². The molecule has 0 aliphatic carbocycles. The molecule has 114 valence electrons. The standard InChI is InChI=1S/C14H18ClN3O2S/c1-20-9-4-7-18-13(11-5-2-3-6-12(11)15)16-17-14(18)21-10-8-19/h2-3,5-6,19H,4,7-10H2,1H3. The highest BCUT2D eigenvalue weighted by Crippen LogP contribution is 2.29. The fraction of sp³-hybridized carbons (Fsp3) is 0.429. The van der Waals surface area contributed by atoms with Gasteiger partial charge in [0.15, 0.2) is 11.0 Å². The van der Waals surface area contributed by atoms with E-state index in [1.807, 2.05) is 28.8 Å². The molecule has 0 aliphatic heterocycles. The first-order chi connectivity index (χ1) is 10.3. The second-order valence-corrected chi connectivity index (χ2v) is 5.83. The van der Waals surface area contributed by atoms with Crippen LogP contribution in [0, 0.1) is 0 Å². The van der Waals surface area contributed by atoms with Crippen molar-refractivity contribution in [1.29, 1.82) is 0 Å². The smallest absolute Gasteiger partial charge is 0.191 e. The summed E-state index contributed by atoms with van der Waals surface area (Å²) in [6, 6.07) is 7.58. The van der Waals surface area contributed by atoms with Gasteiger partial charge in [0.1, 0.15) is 0 Å². The molecule has 1 aromatic carbocycles. The van der Waals surface area contributed by atoms with Crippen LogP contribution < -0.4 is 0 Å². The number of rotatable bonds is 8. The van der Waals surface area contributed by atoms with Crippen molar-refractivity contribution >= 4 is 23.4 Å². The summed E-state index contributed by atoms with van der Waals surface area (Å²) in [7, 11) is 1.68. The summed E-state index contributed by atoms with van der Waals surface area (Å²) in [5.41, 5.74) is 0.861. The Kier molecular flexibility index (Phi) is 6.50. The highest BCUT2D eigenvalue weighted by atomic mass is 35.5. The number of aliphatic hydroxyl groups excluding tert-OH is 1. The van der Waals surface area contributed by atoms with Gasteiger partial charge in [-0.1, -0.05) is 35.5 Å². The first-order valence-corrected chi connectivity index (χ1v) is 8.05. The second-order valence-electron chi connectivity index (χ2n) is 4.36. The molecular weight excluding hydrogens is 310 g/mol. The minimum absolute atomic E-state index is 0.108. The molecule has 1 aromatic heterocycles. The highest BCUT2D eigenvalue weighted by molar-refractivity contribution is 7.99. The predicted molar refractivity (Wildman–Crippen MR) is 84.8 cm³/mol. The van der Waals surface area contributed by atoms with E-state index in [1.165, 1.54) is 11.8 Å². The number of hydrogen-bond acceptors (Lipinski definition) is 5. The van der Waals surface area contributed by atoms with Gasteiger partial charge in [0, 0.05) is 31.6 Å². The van der Waals surface area contributed by atoms with Crippen LogP contribution in [0.3, 0.4) is 0 Å². The summed E-state index contributed by atoms with van der Waals surface area (Å²) >= 11 is 7.73. The molecule has 2 aromatic rings. The molecule has 0 amide bonds. The third-order valence-electron chi connectivity index (χ3n) is 2.88. The van der Waals surface area contributed by atoms with Gasteiger partial charge in [-0.25, -0.2) is 0 Å². The van der Waals surface area contributed by atoms with Gasteiger partial charge < -0.3 is 14.4 Å². The minimum Gasteiger partial charge on any atom is -0.396 e. The van der Waals surface area contributed by atoms with Crippen LogP contribution in [0.1, 0.15) is 6.42 Å². The van der Waals surface area contributed by atoms with Crippen molar-refractivity contribution in [1.82, 2.24) is 14.8 Å². The Morgan fingerprint density at radius 2 is 2.14 bits per heavy atom. The molecule has 0 fully saturated rings. The number of benzene rings is 1. The van der Waals surface area contributed by atoms with E-state index in [9.17, 15) is 0 Å². The van der Waals surface area contributed by atoms with Gasteiger partial charge in [0.2, 0.25) is 0 Å². The monoisotopic (exact) mass is 327 g/mol. The molecule has 0 bridgehead atoms. The van der Waals surface area contributed by atoms with E-state index in [1.54, 1.807) is 7.11 Å². The number of aliphatic hydroxyl groups is 1. The van der Waals surface area contributed by atoms with Crippen molar-refractivity contribution in [3.63, 3.8) is 0 Å². The Morgan fingerprint density at radius 1 is 1.33 bits per heavy atom. The number of thioether (sulfide) groups is 1. The van der Waals surface area contributed by atoms with E-state index in [0.717, 1.165) is 29.5 Å². The summed E-state index contributed by atoms with van der Waals surface area (Å²) in [5.74, 6) is 1.34. The Morgan fingerprint density at radius 3 is 2.86 bits per heavy atom. The SMILES string of the molecule is COCCCn1c(SCCO)nnc1-c1ccccc1Cl. The fourth-order valence-electron chi connectivity index (χ4n) is 1.94. The number of nitrogens with zero attached hydrogens (tertiary/aromatic N) is 3. The summed E-state index contributed by atoms with van der Waals surface area (Å²) in [5, 5.41) is 18.9. The molecule has 0 spiro atoms. The van der Waals surface area contributed by atoms with Gasteiger partial charge in [0.05, 0.1) is 11.6 Å². The summed E-state index contributed by atoms with van der Waals surface area (Å²) in [6.45, 7) is 1.52. The van der Waals surface area contributed by atoms with Gasteiger partial charge in [-0.05, 0) is 18.6 Å². The largest absolute Gasteiger partial charge is 0.396 e. The van der Waals surface area contributed by atoms with Crippen molar-refractivity contribution in [2.75, 3.05) is 26.1 Å². The predicted octanol–water partition coefficient (Wildman–Crippen LogP) is 2.72. The van der Waals surface area contributed by atoms with Crippen LogP contribution in [0.2, 0.25) is 5.02 Å². The average molecular weight is 328 g/mol. The van der Waals surface area contributed by atoms with Crippen LogP contribution in [-0.2, 0) is 11.3 Å². The van der Waals surface area contributed by atoms with Crippen LogP contribution in [0.15, 0.2) is 29.4 Å². The summed E-state index contributed by atoms with van der Waals surface area (Å²) in [6.07, 6.45) is 0.860. The van der Waals surface area contributed by atoms with Gasteiger partial charge in [-0.3, -0.25) is 0 Å². The third-order valence-corrected chi connectivity index (χ3v) is 4.16. The Balaban J connectivity index is 2.31. The minimum atomic E-state index is 0.108. The molecule has 0 unspecified atom stereocenters. The Hall–Kier alpha value is -1.08. The van der Waals surface area contributed by atoms with Crippen LogP contribution in [0.25, 0.3) is 11.4 Å². The van der Waals surface area contributed by atoms with Crippen molar-refractivity contribution in [2.24, 2.45) is 0 Å². The van der Waals surface area contributed by atoms with E-state index < -0.39 is 0 Å². The van der Waals surface area contributed by atoms with Gasteiger partial charge in [-0.2, -0.15) is 0 Å². The summed E-state index contributed by atoms with van der Waals surface area (Å²) in [4.78, 5) is 0. The zero-order chi connectivity index (χ0) is 15.1. The van der Waals surface area contributed by atoms with E-state index in [0.29, 0.717) is 17.4 Å². The van der Waals surface area contributed by atoms with Crippen molar-refractivity contribution < 1.29 is 9.84 Å². The molecule has 0 aliphatic rings. The lowest BCUT2D eigenvalue weighted by Gasteiger charge is -2.10. The lowest BCUT2D eigenvalue weighted by molar-refractivity contribution is 0.189. The second kappa shape index (κ2) is 8.38. The molecule has 0 radical (unpaired) electrons. The number of halogens is 1. The van der Waals surface area contributed by atoms with Crippen LogP contribution in [0.5, 0.6) is 0 Å². The molecule has 0 saturated carbocycles. The van der Waals surface area contributed by atoms with E-state index in [-0.39, 0.29) is 6.61 Å². The molecule has 1 N–H and O–H groups in total. The van der Waals surface area contributed by atoms with Crippen molar-refractivity contribution in [3.05, 3.63) is 29.3 Å². The maximum absolute atomic E-state index is 8.98. The first-order valence-electron chi connectivity index (χ1n) is 6.68. The molecule has 0 atom stereocenters. The zero-order valence-corrected chi connectivity index (χ0v) is 13.4. The molecule has 21 heavy (non-hydrogen) atoms. The Labute approximate surface area is 133 Å². The van der Waals surface area contributed by atoms with Gasteiger partial charge in [0.25, 0.3) is 0 Å². The third kappa shape index (κ3) is 4.20. The quantitative estimate of drug-likeness (QED) is 0.596. The molecule has 7 heteroatoms. The van der Waals surface area contributed by atoms with E-state index in [2.05, 4.69) is 10.2 Å². The fourth-order valence-corrected chi connectivity index (χ4v) is 2.87. The van der Waals surface area contributed by atoms with Crippen LogP contribution in [0.4, 0.5) is 0 Å². The maximum Gasteiger partial charge on any atom is 0.191 e. The van der Waals surface area contributed by atoms with E-state index >= 15 is 0 Å². The lowest BCUT2D eigenvalue weighted by atomic mass is 10.2. The molecular formula is C14H18ClN3O2S. The topological polar surface area (TPSA) is 60.2 Å². The molecule has 5 nitrogen and oxygen atoms in total. The molecule has 2 rings (SSSR count). The molecule has 1 heterocycles. The van der Waals surface area contributed by atoms with Crippen LogP contribution >= 0.6 is 23.4 Å². The Bertz CT molecular complexity index is 577. The van der Waals surface area contributed by atoms with Crippen molar-refractivity contribution in [2.45, 2.75) is 18.1 Å². The van der Waals surface area contributed by atoms with Crippen LogP contribution in [-0.4, -0.2) is 45.9 Å². The normalized spacial score (nSPS) is 11.0. The van der Waals surface area contributed by atoms with Gasteiger partial charge >= 0.3 is 0 Å². The lowest BCUT2D eigenvalue weighted by Crippen LogP contribution is -2.06. The molecule has 0 saturated heterocycles. The average Bonchev–Trinajstić information content (AvgIpc) is 2.89. The van der Waals surface area contributed by atoms with E-state index in [4.69, 9.17) is 21.4 Å². The zero-order valence-electron chi connectivity index (χ0n) is 11.8. The number of aromatic nitrogens is 3. The maximum atomic E-state index is 8.98.